The summed E-state index contributed by atoms with van der Waals surface area (Å²) in [5.41, 5.74) is 2.37. The predicted octanol–water partition coefficient (Wildman–Crippen LogP) is 7.55. The summed E-state index contributed by atoms with van der Waals surface area (Å²) < 4.78 is 11.8. The Kier molecular flexibility index (Phi) is 6.92. The standard InChI is InChI=1S/C25H17Cl4FN2O2/c1-2-13-9-14(11-15(26)10-13)21-22(25(21,28)29)24(34)32-18-7-8-20(27)19(12-18)23(33)31-17-5-3-16(30)4-6-17/h2-12,21-22H,1H2,(H,31,33)(H,32,34)/t21-,22+/m0/s1. The summed E-state index contributed by atoms with van der Waals surface area (Å²) in [7, 11) is 0. The van der Waals surface area contributed by atoms with Crippen LogP contribution in [-0.4, -0.2) is 16.1 Å². The van der Waals surface area contributed by atoms with Gasteiger partial charge in [-0.15, -0.1) is 23.2 Å². The minimum atomic E-state index is -1.32. The SMILES string of the molecule is C=Cc1cc(Cl)cc([C@H]2[C@H](C(=O)Nc3ccc(Cl)c(C(=O)Nc4ccc(F)cc4)c3)C2(Cl)Cl)c1. The fourth-order valence-electron chi connectivity index (χ4n) is 3.73. The Bertz CT molecular complexity index is 1290. The Hall–Kier alpha value is -2.57. The highest BCUT2D eigenvalue weighted by Crippen LogP contribution is 2.65. The zero-order valence-corrected chi connectivity index (χ0v) is 20.4. The van der Waals surface area contributed by atoms with E-state index < -0.39 is 33.8 Å². The molecule has 3 aromatic carbocycles. The minimum absolute atomic E-state index is 0.129. The van der Waals surface area contributed by atoms with Crippen molar-refractivity contribution in [2.24, 2.45) is 5.92 Å². The van der Waals surface area contributed by atoms with Gasteiger partial charge in [0.05, 0.1) is 16.5 Å². The highest BCUT2D eigenvalue weighted by Gasteiger charge is 2.67. The summed E-state index contributed by atoms with van der Waals surface area (Å²) in [6.07, 6.45) is 1.64. The molecule has 4 rings (SSSR count). The fraction of sp³-hybridized carbons (Fsp3) is 0.120. The zero-order valence-electron chi connectivity index (χ0n) is 17.4. The quantitative estimate of drug-likeness (QED) is 0.319. The third-order valence-electron chi connectivity index (χ3n) is 5.45. The van der Waals surface area contributed by atoms with Crippen LogP contribution in [0.5, 0.6) is 0 Å². The number of carbonyl (C=O) groups is 2. The molecule has 1 fully saturated rings. The second-order valence-corrected chi connectivity index (χ2v) is 10.1. The van der Waals surface area contributed by atoms with Gasteiger partial charge in [-0.05, 0) is 65.7 Å². The number of anilines is 2. The lowest BCUT2D eigenvalue weighted by Crippen LogP contribution is -2.18. The predicted molar refractivity (Wildman–Crippen MR) is 137 cm³/mol. The molecule has 0 radical (unpaired) electrons. The van der Waals surface area contributed by atoms with Crippen LogP contribution in [0.15, 0.2) is 67.2 Å². The van der Waals surface area contributed by atoms with Gasteiger partial charge in [-0.2, -0.15) is 0 Å². The lowest BCUT2D eigenvalue weighted by Gasteiger charge is -2.10. The van der Waals surface area contributed by atoms with Crippen LogP contribution in [0.2, 0.25) is 10.0 Å². The maximum atomic E-state index is 13.1. The summed E-state index contributed by atoms with van der Waals surface area (Å²) in [5.74, 6) is -2.56. The highest BCUT2D eigenvalue weighted by atomic mass is 35.5. The van der Waals surface area contributed by atoms with Crippen LogP contribution in [0.1, 0.15) is 27.4 Å². The van der Waals surface area contributed by atoms with Crippen molar-refractivity contribution < 1.29 is 14.0 Å². The lowest BCUT2D eigenvalue weighted by molar-refractivity contribution is -0.117. The summed E-state index contributed by atoms with van der Waals surface area (Å²) >= 11 is 25.3. The van der Waals surface area contributed by atoms with Crippen molar-refractivity contribution in [3.05, 3.63) is 99.8 Å². The topological polar surface area (TPSA) is 58.2 Å². The van der Waals surface area contributed by atoms with Gasteiger partial charge in [-0.1, -0.05) is 41.9 Å². The van der Waals surface area contributed by atoms with Crippen molar-refractivity contribution in [1.82, 2.24) is 0 Å². The number of halogens is 5. The summed E-state index contributed by atoms with van der Waals surface area (Å²) in [4.78, 5) is 25.7. The van der Waals surface area contributed by atoms with Crippen LogP contribution < -0.4 is 10.6 Å². The smallest absolute Gasteiger partial charge is 0.257 e. The Balaban J connectivity index is 1.51. The van der Waals surface area contributed by atoms with Crippen LogP contribution in [0, 0.1) is 11.7 Å². The number of hydrogen-bond donors (Lipinski definition) is 2. The van der Waals surface area contributed by atoms with Gasteiger partial charge in [-0.25, -0.2) is 4.39 Å². The number of rotatable bonds is 6. The number of carbonyl (C=O) groups excluding carboxylic acids is 2. The van der Waals surface area contributed by atoms with E-state index in [9.17, 15) is 14.0 Å². The number of alkyl halides is 2. The molecule has 2 amide bonds. The van der Waals surface area contributed by atoms with Crippen molar-refractivity contribution in [2.75, 3.05) is 10.6 Å². The molecule has 3 aromatic rings. The van der Waals surface area contributed by atoms with Crippen molar-refractivity contribution in [3.8, 4) is 0 Å². The second-order valence-electron chi connectivity index (χ2n) is 7.80. The van der Waals surface area contributed by atoms with Crippen LogP contribution in [0.25, 0.3) is 6.08 Å². The van der Waals surface area contributed by atoms with Crippen molar-refractivity contribution in [1.29, 1.82) is 0 Å². The first kappa shape index (κ1) is 24.6. The second kappa shape index (κ2) is 9.59. The molecule has 0 heterocycles. The first-order valence-electron chi connectivity index (χ1n) is 10.1. The van der Waals surface area contributed by atoms with Crippen LogP contribution in [0.3, 0.4) is 0 Å². The molecule has 0 aromatic heterocycles. The third kappa shape index (κ3) is 5.08. The van der Waals surface area contributed by atoms with Gasteiger partial charge in [0.15, 0.2) is 0 Å². The van der Waals surface area contributed by atoms with Gasteiger partial charge in [0.25, 0.3) is 5.91 Å². The van der Waals surface area contributed by atoms with Gasteiger partial charge >= 0.3 is 0 Å². The molecule has 0 spiro atoms. The molecular weight excluding hydrogens is 521 g/mol. The van der Waals surface area contributed by atoms with E-state index in [4.69, 9.17) is 46.4 Å². The van der Waals surface area contributed by atoms with Gasteiger partial charge in [0.2, 0.25) is 5.91 Å². The monoisotopic (exact) mass is 536 g/mol. The van der Waals surface area contributed by atoms with E-state index in [1.54, 1.807) is 24.3 Å². The summed E-state index contributed by atoms with van der Waals surface area (Å²) in [5, 5.41) is 6.05. The third-order valence-corrected chi connectivity index (χ3v) is 6.94. The zero-order chi connectivity index (χ0) is 24.6. The molecule has 4 nitrogen and oxygen atoms in total. The average Bonchev–Trinajstić information content (AvgIpc) is 3.38. The molecule has 1 saturated carbocycles. The normalized spacial score (nSPS) is 18.1. The average molecular weight is 538 g/mol. The molecule has 0 unspecified atom stereocenters. The molecule has 2 N–H and O–H groups in total. The summed E-state index contributed by atoms with van der Waals surface area (Å²) in [6, 6.07) is 15.1. The molecule has 2 atom stereocenters. The molecule has 0 saturated heterocycles. The minimum Gasteiger partial charge on any atom is -0.326 e. The first-order chi connectivity index (χ1) is 16.1. The number of hydrogen-bond acceptors (Lipinski definition) is 2. The number of amides is 2. The Morgan fingerprint density at radius 2 is 1.62 bits per heavy atom. The van der Waals surface area contributed by atoms with Crippen LogP contribution in [0.4, 0.5) is 15.8 Å². The lowest BCUT2D eigenvalue weighted by atomic mass is 10.1. The molecule has 9 heteroatoms. The molecule has 174 valence electrons. The van der Waals surface area contributed by atoms with E-state index in [2.05, 4.69) is 17.2 Å². The maximum absolute atomic E-state index is 13.1. The Morgan fingerprint density at radius 1 is 0.941 bits per heavy atom. The van der Waals surface area contributed by atoms with Gasteiger partial charge < -0.3 is 10.6 Å². The largest absolute Gasteiger partial charge is 0.326 e. The molecule has 0 aliphatic heterocycles. The molecular formula is C25H17Cl4FN2O2. The molecule has 34 heavy (non-hydrogen) atoms. The molecule has 1 aliphatic carbocycles. The van der Waals surface area contributed by atoms with E-state index in [-0.39, 0.29) is 10.6 Å². The van der Waals surface area contributed by atoms with E-state index in [0.29, 0.717) is 16.4 Å². The van der Waals surface area contributed by atoms with E-state index in [0.717, 1.165) is 11.1 Å². The fourth-order valence-corrected chi connectivity index (χ4v) is 5.01. The van der Waals surface area contributed by atoms with Gasteiger partial charge in [0, 0.05) is 22.3 Å². The Morgan fingerprint density at radius 3 is 2.29 bits per heavy atom. The molecule has 1 aliphatic rings. The first-order valence-corrected chi connectivity index (χ1v) is 11.6. The van der Waals surface area contributed by atoms with E-state index >= 15 is 0 Å². The van der Waals surface area contributed by atoms with Crippen molar-refractivity contribution in [3.63, 3.8) is 0 Å². The summed E-state index contributed by atoms with van der Waals surface area (Å²) in [6.45, 7) is 3.73. The van der Waals surface area contributed by atoms with Crippen molar-refractivity contribution >= 4 is 75.7 Å². The van der Waals surface area contributed by atoms with Crippen LogP contribution in [-0.2, 0) is 4.79 Å². The molecule has 0 bridgehead atoms. The van der Waals surface area contributed by atoms with E-state index in [1.165, 1.54) is 36.4 Å². The van der Waals surface area contributed by atoms with Crippen LogP contribution >= 0.6 is 46.4 Å². The van der Waals surface area contributed by atoms with E-state index in [1.807, 2.05) is 6.07 Å². The number of benzene rings is 3. The number of nitrogens with one attached hydrogen (secondary N) is 2. The van der Waals surface area contributed by atoms with Crippen molar-refractivity contribution in [2.45, 2.75) is 10.3 Å². The highest BCUT2D eigenvalue weighted by molar-refractivity contribution is 6.53. The maximum Gasteiger partial charge on any atom is 0.257 e. The van der Waals surface area contributed by atoms with Gasteiger partial charge in [0.1, 0.15) is 10.2 Å². The Labute approximate surface area is 215 Å². The van der Waals surface area contributed by atoms with Gasteiger partial charge in [-0.3, -0.25) is 9.59 Å².